The minimum Gasteiger partial charge on any atom is -0.491 e. The van der Waals surface area contributed by atoms with Crippen molar-refractivity contribution in [3.05, 3.63) is 28.2 Å². The predicted molar refractivity (Wildman–Crippen MR) is 85.4 cm³/mol. The van der Waals surface area contributed by atoms with Crippen molar-refractivity contribution in [3.8, 4) is 5.75 Å². The molecule has 0 aliphatic carbocycles. The third-order valence-corrected chi connectivity index (χ3v) is 4.11. The van der Waals surface area contributed by atoms with Gasteiger partial charge in [-0.05, 0) is 25.3 Å². The molecule has 0 aromatic carbocycles. The van der Waals surface area contributed by atoms with Gasteiger partial charge in [-0.25, -0.2) is 0 Å². The molecule has 1 N–H and O–H groups in total. The molecule has 0 spiro atoms. The fraction of sp³-hybridized carbons (Fsp3) is 0.625. The lowest BCUT2D eigenvalue weighted by Gasteiger charge is -2.30. The molecule has 1 aliphatic rings. The molecule has 2 heterocycles. The first-order valence-corrected chi connectivity index (χ1v) is 7.76. The molecule has 1 saturated heterocycles. The number of nitrogens with one attached hydrogen (secondary N) is 1. The van der Waals surface area contributed by atoms with Crippen molar-refractivity contribution in [2.45, 2.75) is 19.8 Å². The summed E-state index contributed by atoms with van der Waals surface area (Å²) in [5, 5.41) is 2.89. The van der Waals surface area contributed by atoms with Crippen LogP contribution in [0.2, 0.25) is 0 Å². The number of aryl methyl sites for hydroxylation is 1. The van der Waals surface area contributed by atoms with Gasteiger partial charge < -0.3 is 19.5 Å². The van der Waals surface area contributed by atoms with Gasteiger partial charge in [0.15, 0.2) is 5.75 Å². The smallest absolute Gasteiger partial charge is 0.268 e. The molecule has 0 saturated carbocycles. The average molecular weight is 307 g/mol. The summed E-state index contributed by atoms with van der Waals surface area (Å²) < 4.78 is 6.57. The van der Waals surface area contributed by atoms with Crippen LogP contribution in [0.15, 0.2) is 17.1 Å². The number of rotatable bonds is 5. The van der Waals surface area contributed by atoms with Gasteiger partial charge in [0.1, 0.15) is 5.69 Å². The Morgan fingerprint density at radius 2 is 2.27 bits per heavy atom. The molecule has 0 bridgehead atoms. The van der Waals surface area contributed by atoms with Crippen LogP contribution in [-0.4, -0.2) is 48.7 Å². The van der Waals surface area contributed by atoms with E-state index in [4.69, 9.17) is 4.74 Å². The fourth-order valence-electron chi connectivity index (χ4n) is 2.89. The van der Waals surface area contributed by atoms with Crippen molar-refractivity contribution in [3.63, 3.8) is 0 Å². The molecule has 1 aromatic heterocycles. The van der Waals surface area contributed by atoms with E-state index in [2.05, 4.69) is 17.1 Å². The van der Waals surface area contributed by atoms with Gasteiger partial charge in [-0.1, -0.05) is 6.92 Å². The SMILES string of the molecule is COc1cn(C)c(C(=O)NCCN2CCCC(C)C2)cc1=O. The van der Waals surface area contributed by atoms with Gasteiger partial charge in [-0.2, -0.15) is 0 Å². The van der Waals surface area contributed by atoms with Crippen LogP contribution in [0.5, 0.6) is 5.75 Å². The quantitative estimate of drug-likeness (QED) is 0.876. The van der Waals surface area contributed by atoms with Crippen molar-refractivity contribution in [1.29, 1.82) is 0 Å². The number of hydrogen-bond donors (Lipinski definition) is 1. The molecule has 2 rings (SSSR count). The number of carbonyl (C=O) groups is 1. The number of nitrogens with zero attached hydrogens (tertiary/aromatic N) is 2. The molecular formula is C16H25N3O3. The average Bonchev–Trinajstić information content (AvgIpc) is 2.49. The minimum atomic E-state index is -0.282. The van der Waals surface area contributed by atoms with Gasteiger partial charge in [0.25, 0.3) is 5.91 Å². The zero-order valence-corrected chi connectivity index (χ0v) is 13.6. The summed E-state index contributed by atoms with van der Waals surface area (Å²) in [5.41, 5.74) is 0.0633. The Kier molecular flexibility index (Phi) is 5.60. The maximum absolute atomic E-state index is 12.2. The van der Waals surface area contributed by atoms with Crippen LogP contribution in [0, 0.1) is 5.92 Å². The Balaban J connectivity index is 1.90. The zero-order valence-electron chi connectivity index (χ0n) is 13.6. The van der Waals surface area contributed by atoms with Gasteiger partial charge in [-0.15, -0.1) is 0 Å². The van der Waals surface area contributed by atoms with Gasteiger partial charge in [0, 0.05) is 32.7 Å². The van der Waals surface area contributed by atoms with Gasteiger partial charge >= 0.3 is 0 Å². The molecule has 1 aromatic rings. The molecule has 1 fully saturated rings. The largest absolute Gasteiger partial charge is 0.491 e. The van der Waals surface area contributed by atoms with E-state index < -0.39 is 0 Å². The van der Waals surface area contributed by atoms with Crippen LogP contribution in [0.3, 0.4) is 0 Å². The van der Waals surface area contributed by atoms with E-state index in [9.17, 15) is 9.59 Å². The molecule has 22 heavy (non-hydrogen) atoms. The van der Waals surface area contributed by atoms with Crippen molar-refractivity contribution in [2.75, 3.05) is 33.3 Å². The lowest BCUT2D eigenvalue weighted by atomic mass is 10.0. The number of carbonyl (C=O) groups excluding carboxylic acids is 1. The van der Waals surface area contributed by atoms with E-state index in [0.29, 0.717) is 12.2 Å². The normalized spacial score (nSPS) is 19.0. The number of aromatic nitrogens is 1. The van der Waals surface area contributed by atoms with Crippen molar-refractivity contribution in [2.24, 2.45) is 13.0 Å². The Morgan fingerprint density at radius 1 is 1.50 bits per heavy atom. The maximum atomic E-state index is 12.2. The topological polar surface area (TPSA) is 63.6 Å². The van der Waals surface area contributed by atoms with Crippen LogP contribution in [0.4, 0.5) is 0 Å². The first-order valence-electron chi connectivity index (χ1n) is 7.76. The highest BCUT2D eigenvalue weighted by Gasteiger charge is 2.16. The van der Waals surface area contributed by atoms with Gasteiger partial charge in [-0.3, -0.25) is 9.59 Å². The molecule has 1 amide bonds. The number of amides is 1. The molecule has 1 atom stereocenters. The number of ether oxygens (including phenoxy) is 1. The maximum Gasteiger partial charge on any atom is 0.268 e. The number of piperidine rings is 1. The first kappa shape index (κ1) is 16.5. The molecule has 1 unspecified atom stereocenters. The van der Waals surface area contributed by atoms with E-state index in [0.717, 1.165) is 25.6 Å². The lowest BCUT2D eigenvalue weighted by molar-refractivity contribution is 0.0934. The zero-order chi connectivity index (χ0) is 16.1. The summed E-state index contributed by atoms with van der Waals surface area (Å²) >= 11 is 0. The summed E-state index contributed by atoms with van der Waals surface area (Å²) in [7, 11) is 3.17. The standard InChI is InChI=1S/C16H25N3O3/c1-12-5-4-7-19(10-12)8-6-17-16(21)13-9-14(20)15(22-3)11-18(13)2/h9,11-12H,4-8,10H2,1-3H3,(H,17,21). The monoisotopic (exact) mass is 307 g/mol. The summed E-state index contributed by atoms with van der Waals surface area (Å²) in [5.74, 6) is 0.737. The van der Waals surface area contributed by atoms with Crippen LogP contribution in [-0.2, 0) is 7.05 Å². The van der Waals surface area contributed by atoms with Crippen molar-refractivity contribution < 1.29 is 9.53 Å². The molecular weight excluding hydrogens is 282 g/mol. The van der Waals surface area contributed by atoms with Crippen LogP contribution in [0.1, 0.15) is 30.3 Å². The molecule has 1 aliphatic heterocycles. The minimum absolute atomic E-state index is 0.229. The highest BCUT2D eigenvalue weighted by molar-refractivity contribution is 5.92. The summed E-state index contributed by atoms with van der Waals surface area (Å²) in [6.45, 7) is 5.89. The molecule has 6 nitrogen and oxygen atoms in total. The van der Waals surface area contributed by atoms with Crippen LogP contribution in [0.25, 0.3) is 0 Å². The van der Waals surface area contributed by atoms with E-state index in [1.807, 2.05) is 0 Å². The predicted octanol–water partition coefficient (Wildman–Crippen LogP) is 0.856. The van der Waals surface area contributed by atoms with E-state index >= 15 is 0 Å². The summed E-state index contributed by atoms with van der Waals surface area (Å²) in [4.78, 5) is 26.3. The number of hydrogen-bond acceptors (Lipinski definition) is 4. The van der Waals surface area contributed by atoms with Gasteiger partial charge in [0.05, 0.1) is 13.3 Å². The Hall–Kier alpha value is -1.82. The Morgan fingerprint density at radius 3 is 2.95 bits per heavy atom. The molecule has 122 valence electrons. The third kappa shape index (κ3) is 4.10. The van der Waals surface area contributed by atoms with E-state index in [1.165, 1.54) is 32.2 Å². The summed E-state index contributed by atoms with van der Waals surface area (Å²) in [6.07, 6.45) is 4.04. The van der Waals surface area contributed by atoms with E-state index in [-0.39, 0.29) is 17.1 Å². The second kappa shape index (κ2) is 7.45. The second-order valence-electron chi connectivity index (χ2n) is 6.01. The molecule has 6 heteroatoms. The van der Waals surface area contributed by atoms with Crippen LogP contribution < -0.4 is 15.5 Å². The van der Waals surface area contributed by atoms with E-state index in [1.54, 1.807) is 11.6 Å². The molecule has 0 radical (unpaired) electrons. The highest BCUT2D eigenvalue weighted by Crippen LogP contribution is 2.14. The van der Waals surface area contributed by atoms with Crippen LogP contribution >= 0.6 is 0 Å². The fourth-order valence-corrected chi connectivity index (χ4v) is 2.89. The highest BCUT2D eigenvalue weighted by atomic mass is 16.5. The Labute approximate surface area is 131 Å². The first-order chi connectivity index (χ1) is 10.5. The number of pyridine rings is 1. The Bertz CT molecular complexity index is 582. The van der Waals surface area contributed by atoms with Crippen molar-refractivity contribution in [1.82, 2.24) is 14.8 Å². The number of methoxy groups -OCH3 is 1. The third-order valence-electron chi connectivity index (χ3n) is 4.11. The second-order valence-corrected chi connectivity index (χ2v) is 6.01. The van der Waals surface area contributed by atoms with Gasteiger partial charge in [0.2, 0.25) is 5.43 Å². The number of likely N-dealkylation sites (tertiary alicyclic amines) is 1. The summed E-state index contributed by atoms with van der Waals surface area (Å²) in [6, 6.07) is 1.32. The lowest BCUT2D eigenvalue weighted by Crippen LogP contribution is -2.40. The van der Waals surface area contributed by atoms with Crippen molar-refractivity contribution >= 4 is 5.91 Å².